The number of hydrogen-bond acceptors (Lipinski definition) is 2. The van der Waals surface area contributed by atoms with Crippen molar-refractivity contribution in [2.24, 2.45) is 5.92 Å². The summed E-state index contributed by atoms with van der Waals surface area (Å²) in [6.07, 6.45) is 3.66. The van der Waals surface area contributed by atoms with Crippen LogP contribution in [-0.2, 0) is 4.79 Å². The zero-order valence-electron chi connectivity index (χ0n) is 13.0. The van der Waals surface area contributed by atoms with E-state index in [1.165, 1.54) is 0 Å². The van der Waals surface area contributed by atoms with E-state index in [1.54, 1.807) is 0 Å². The molecule has 3 rings (SSSR count). The fraction of sp³-hybridized carbons (Fsp3) is 0.529. The Morgan fingerprint density at radius 2 is 1.86 bits per heavy atom. The minimum Gasteiger partial charge on any atom is -0.335 e. The third kappa shape index (κ3) is 3.78. The van der Waals surface area contributed by atoms with Gasteiger partial charge in [-0.05, 0) is 50.3 Å². The number of carbonyl (C=O) groups excluding carboxylic acids is 2. The second-order valence-electron chi connectivity index (χ2n) is 6.34. The van der Waals surface area contributed by atoms with Gasteiger partial charge in [-0.25, -0.2) is 4.79 Å². The lowest BCUT2D eigenvalue weighted by molar-refractivity contribution is -0.121. The smallest absolute Gasteiger partial charge is 0.317 e. The average Bonchev–Trinajstić information content (AvgIpc) is 3.31. The fourth-order valence-corrected chi connectivity index (χ4v) is 2.81. The van der Waals surface area contributed by atoms with Crippen LogP contribution in [0.4, 0.5) is 10.5 Å². The molecule has 1 aromatic carbocycles. The summed E-state index contributed by atoms with van der Waals surface area (Å²) in [4.78, 5) is 26.1. The Morgan fingerprint density at radius 1 is 1.14 bits per heavy atom. The predicted octanol–water partition coefficient (Wildman–Crippen LogP) is 2.52. The third-order valence-corrected chi connectivity index (χ3v) is 4.34. The van der Waals surface area contributed by atoms with Crippen LogP contribution in [0.5, 0.6) is 0 Å². The highest BCUT2D eigenvalue weighted by molar-refractivity contribution is 5.92. The monoisotopic (exact) mass is 301 g/mol. The molecule has 5 heteroatoms. The number of nitrogens with one attached hydrogen (secondary N) is 2. The van der Waals surface area contributed by atoms with Crippen molar-refractivity contribution in [3.63, 3.8) is 0 Å². The number of amides is 3. The summed E-state index contributed by atoms with van der Waals surface area (Å²) in [6, 6.07) is 8.23. The summed E-state index contributed by atoms with van der Waals surface area (Å²) in [5.41, 5.74) is 1.98. The molecule has 0 bridgehead atoms. The first-order valence-corrected chi connectivity index (χ1v) is 8.05. The van der Waals surface area contributed by atoms with Crippen molar-refractivity contribution in [1.29, 1.82) is 0 Å². The van der Waals surface area contributed by atoms with Crippen LogP contribution in [0.1, 0.15) is 31.2 Å². The number of aryl methyl sites for hydroxylation is 1. The molecule has 2 N–H and O–H groups in total. The van der Waals surface area contributed by atoms with E-state index in [9.17, 15) is 9.59 Å². The SMILES string of the molecule is Cc1cccc(NC(=O)C2CCN(C(=O)NC3CC3)CC2)c1. The van der Waals surface area contributed by atoms with Crippen LogP contribution < -0.4 is 10.6 Å². The number of urea groups is 1. The Hall–Kier alpha value is -2.04. The van der Waals surface area contributed by atoms with Gasteiger partial charge in [0.15, 0.2) is 0 Å². The van der Waals surface area contributed by atoms with Crippen molar-refractivity contribution < 1.29 is 9.59 Å². The van der Waals surface area contributed by atoms with E-state index in [2.05, 4.69) is 10.6 Å². The van der Waals surface area contributed by atoms with Crippen LogP contribution in [0.15, 0.2) is 24.3 Å². The van der Waals surface area contributed by atoms with Gasteiger partial charge in [-0.3, -0.25) is 4.79 Å². The first kappa shape index (κ1) is 14.9. The number of likely N-dealkylation sites (tertiary alicyclic amines) is 1. The summed E-state index contributed by atoms with van der Waals surface area (Å²) in [5.74, 6) is 0.0540. The van der Waals surface area contributed by atoms with Crippen LogP contribution in [-0.4, -0.2) is 36.0 Å². The van der Waals surface area contributed by atoms with E-state index >= 15 is 0 Å². The highest BCUT2D eigenvalue weighted by Gasteiger charge is 2.30. The molecule has 1 aliphatic carbocycles. The fourth-order valence-electron chi connectivity index (χ4n) is 2.81. The van der Waals surface area contributed by atoms with Gasteiger partial charge in [-0.1, -0.05) is 12.1 Å². The van der Waals surface area contributed by atoms with Crippen molar-refractivity contribution in [1.82, 2.24) is 10.2 Å². The maximum absolute atomic E-state index is 12.3. The van der Waals surface area contributed by atoms with Crippen LogP contribution in [0.2, 0.25) is 0 Å². The molecule has 22 heavy (non-hydrogen) atoms. The molecule has 5 nitrogen and oxygen atoms in total. The van der Waals surface area contributed by atoms with Gasteiger partial charge in [-0.2, -0.15) is 0 Å². The van der Waals surface area contributed by atoms with Crippen molar-refractivity contribution in [3.05, 3.63) is 29.8 Å². The summed E-state index contributed by atoms with van der Waals surface area (Å²) in [7, 11) is 0. The quantitative estimate of drug-likeness (QED) is 0.901. The number of hydrogen-bond donors (Lipinski definition) is 2. The molecular weight excluding hydrogens is 278 g/mol. The minimum atomic E-state index is -0.00881. The lowest BCUT2D eigenvalue weighted by atomic mass is 9.96. The zero-order valence-corrected chi connectivity index (χ0v) is 13.0. The van der Waals surface area contributed by atoms with Crippen molar-refractivity contribution in [3.8, 4) is 0 Å². The molecule has 1 aromatic rings. The maximum Gasteiger partial charge on any atom is 0.317 e. The Balaban J connectivity index is 1.48. The normalized spacial score (nSPS) is 18.9. The Morgan fingerprint density at radius 3 is 2.50 bits per heavy atom. The number of anilines is 1. The van der Waals surface area contributed by atoms with E-state index in [0.717, 1.165) is 36.9 Å². The van der Waals surface area contributed by atoms with E-state index in [-0.39, 0.29) is 17.9 Å². The lowest BCUT2D eigenvalue weighted by Gasteiger charge is -2.31. The van der Waals surface area contributed by atoms with Gasteiger partial charge < -0.3 is 15.5 Å². The van der Waals surface area contributed by atoms with Gasteiger partial charge in [0.1, 0.15) is 0 Å². The van der Waals surface area contributed by atoms with Gasteiger partial charge >= 0.3 is 6.03 Å². The third-order valence-electron chi connectivity index (χ3n) is 4.34. The standard InChI is InChI=1S/C17H23N3O2/c1-12-3-2-4-15(11-12)18-16(21)13-7-9-20(10-8-13)17(22)19-14-5-6-14/h2-4,11,13-14H,5-10H2,1H3,(H,18,21)(H,19,22). The second-order valence-corrected chi connectivity index (χ2v) is 6.34. The molecule has 3 amide bonds. The topological polar surface area (TPSA) is 61.4 Å². The molecule has 0 spiro atoms. The van der Waals surface area contributed by atoms with Crippen LogP contribution >= 0.6 is 0 Å². The highest BCUT2D eigenvalue weighted by Crippen LogP contribution is 2.22. The molecule has 2 aliphatic rings. The van der Waals surface area contributed by atoms with E-state index in [4.69, 9.17) is 0 Å². The minimum absolute atomic E-state index is 0.00881. The number of benzene rings is 1. The molecule has 118 valence electrons. The van der Waals surface area contributed by atoms with Gasteiger partial charge in [0.25, 0.3) is 0 Å². The Kier molecular flexibility index (Phi) is 4.32. The van der Waals surface area contributed by atoms with E-state index in [0.29, 0.717) is 19.1 Å². The molecule has 0 unspecified atom stereocenters. The molecule has 1 aliphatic heterocycles. The number of piperidine rings is 1. The molecule has 0 radical (unpaired) electrons. The van der Waals surface area contributed by atoms with Crippen molar-refractivity contribution in [2.45, 2.75) is 38.6 Å². The van der Waals surface area contributed by atoms with Crippen LogP contribution in [0.3, 0.4) is 0 Å². The van der Waals surface area contributed by atoms with Crippen LogP contribution in [0, 0.1) is 12.8 Å². The van der Waals surface area contributed by atoms with Crippen molar-refractivity contribution in [2.75, 3.05) is 18.4 Å². The molecule has 0 aromatic heterocycles. The number of nitrogens with zero attached hydrogens (tertiary/aromatic N) is 1. The summed E-state index contributed by atoms with van der Waals surface area (Å²) in [5, 5.41) is 5.98. The molecule has 1 saturated heterocycles. The lowest BCUT2D eigenvalue weighted by Crippen LogP contribution is -2.46. The summed E-state index contributed by atoms with van der Waals surface area (Å²) >= 11 is 0. The molecule has 2 fully saturated rings. The van der Waals surface area contributed by atoms with Crippen LogP contribution in [0.25, 0.3) is 0 Å². The Bertz CT molecular complexity index is 561. The second kappa shape index (κ2) is 6.38. The molecule has 1 saturated carbocycles. The molecule has 1 heterocycles. The predicted molar refractivity (Wildman–Crippen MR) is 85.7 cm³/mol. The van der Waals surface area contributed by atoms with E-state index in [1.807, 2.05) is 36.1 Å². The Labute approximate surface area is 131 Å². The highest BCUT2D eigenvalue weighted by atomic mass is 16.2. The van der Waals surface area contributed by atoms with Gasteiger partial charge in [0.2, 0.25) is 5.91 Å². The first-order valence-electron chi connectivity index (χ1n) is 8.05. The maximum atomic E-state index is 12.3. The largest absolute Gasteiger partial charge is 0.335 e. The van der Waals surface area contributed by atoms with Crippen molar-refractivity contribution >= 4 is 17.6 Å². The van der Waals surface area contributed by atoms with Gasteiger partial charge in [0, 0.05) is 30.7 Å². The van der Waals surface area contributed by atoms with E-state index < -0.39 is 0 Å². The summed E-state index contributed by atoms with van der Waals surface area (Å²) in [6.45, 7) is 3.32. The summed E-state index contributed by atoms with van der Waals surface area (Å²) < 4.78 is 0. The van der Waals surface area contributed by atoms with Gasteiger partial charge in [0.05, 0.1) is 0 Å². The number of rotatable bonds is 3. The molecular formula is C17H23N3O2. The molecule has 0 atom stereocenters. The zero-order chi connectivity index (χ0) is 15.5. The first-order chi connectivity index (χ1) is 10.6. The van der Waals surface area contributed by atoms with Gasteiger partial charge in [-0.15, -0.1) is 0 Å². The number of carbonyl (C=O) groups is 2. The average molecular weight is 301 g/mol.